The predicted molar refractivity (Wildman–Crippen MR) is 109 cm³/mol. The average Bonchev–Trinajstić information content (AvgIpc) is 2.65. The van der Waals surface area contributed by atoms with E-state index in [2.05, 4.69) is 12.2 Å². The first-order valence-electron chi connectivity index (χ1n) is 8.99. The summed E-state index contributed by atoms with van der Waals surface area (Å²) in [6.45, 7) is 3.08. The van der Waals surface area contributed by atoms with E-state index < -0.39 is 10.1 Å². The van der Waals surface area contributed by atoms with Gasteiger partial charge in [-0.2, -0.15) is 8.42 Å². The Hall–Kier alpha value is -2.74. The molecule has 2 aromatic rings. The number of urea groups is 1. The summed E-state index contributed by atoms with van der Waals surface area (Å²) in [5.41, 5.74) is 1.56. The quantitative estimate of drug-likeness (QED) is 0.639. The number of methoxy groups -OCH3 is 1. The van der Waals surface area contributed by atoms with Gasteiger partial charge in [0, 0.05) is 18.8 Å². The van der Waals surface area contributed by atoms with Crippen LogP contribution in [0.1, 0.15) is 25.3 Å². The van der Waals surface area contributed by atoms with Gasteiger partial charge < -0.3 is 19.1 Å². The molecule has 0 radical (unpaired) electrons. The first-order valence-corrected chi connectivity index (χ1v) is 10.8. The van der Waals surface area contributed by atoms with Crippen molar-refractivity contribution in [3.8, 4) is 11.5 Å². The third-order valence-corrected chi connectivity index (χ3v) is 4.45. The normalized spacial score (nSPS) is 11.0. The molecule has 0 aliphatic heterocycles. The van der Waals surface area contributed by atoms with Crippen LogP contribution < -0.4 is 14.2 Å². The van der Waals surface area contributed by atoms with Crippen LogP contribution >= 0.6 is 0 Å². The Morgan fingerprint density at radius 2 is 1.64 bits per heavy atom. The van der Waals surface area contributed by atoms with Gasteiger partial charge in [0.15, 0.2) is 0 Å². The molecule has 0 saturated heterocycles. The Kier molecular flexibility index (Phi) is 7.69. The molecule has 2 amide bonds. The van der Waals surface area contributed by atoms with Gasteiger partial charge in [-0.25, -0.2) is 4.79 Å². The number of anilines is 1. The molecule has 0 heterocycles. The van der Waals surface area contributed by atoms with Crippen LogP contribution in [0.15, 0.2) is 48.5 Å². The molecule has 8 heteroatoms. The summed E-state index contributed by atoms with van der Waals surface area (Å²) < 4.78 is 32.4. The monoisotopic (exact) mass is 406 g/mol. The first kappa shape index (κ1) is 21.6. The number of amides is 2. The van der Waals surface area contributed by atoms with E-state index in [0.717, 1.165) is 30.4 Å². The highest BCUT2D eigenvalue weighted by Crippen LogP contribution is 2.18. The molecule has 0 atom stereocenters. The summed E-state index contributed by atoms with van der Waals surface area (Å²) in [7, 11) is -1.97. The number of unbranched alkanes of at least 4 members (excludes halogenated alkanes) is 1. The van der Waals surface area contributed by atoms with Crippen molar-refractivity contribution in [2.75, 3.05) is 25.2 Å². The molecule has 0 aliphatic carbocycles. The molecule has 0 unspecified atom stereocenters. The van der Waals surface area contributed by atoms with E-state index >= 15 is 0 Å². The molecule has 7 nitrogen and oxygen atoms in total. The molecule has 0 aliphatic rings. The zero-order valence-electron chi connectivity index (χ0n) is 16.3. The number of carbonyl (C=O) groups excluding carboxylic acids is 1. The summed E-state index contributed by atoms with van der Waals surface area (Å²) in [6, 6.07) is 13.6. The molecule has 152 valence electrons. The van der Waals surface area contributed by atoms with Gasteiger partial charge in [0.1, 0.15) is 11.5 Å². The van der Waals surface area contributed by atoms with Crippen LogP contribution in [0.25, 0.3) is 0 Å². The van der Waals surface area contributed by atoms with Crippen LogP contribution in [0.2, 0.25) is 0 Å². The number of nitrogens with zero attached hydrogens (tertiary/aromatic N) is 1. The van der Waals surface area contributed by atoms with Gasteiger partial charge in [0.05, 0.1) is 13.4 Å². The largest absolute Gasteiger partial charge is 0.497 e. The fourth-order valence-electron chi connectivity index (χ4n) is 2.52. The molecule has 2 rings (SSSR count). The number of rotatable bonds is 9. The third-order valence-electron chi connectivity index (χ3n) is 3.95. The molecule has 2 aromatic carbocycles. The van der Waals surface area contributed by atoms with Gasteiger partial charge in [-0.3, -0.25) is 0 Å². The van der Waals surface area contributed by atoms with Crippen LogP contribution in [0, 0.1) is 0 Å². The second-order valence-corrected chi connectivity index (χ2v) is 7.94. The molecular weight excluding hydrogens is 380 g/mol. The number of hydrogen-bond acceptors (Lipinski definition) is 5. The Labute approximate surface area is 166 Å². The summed E-state index contributed by atoms with van der Waals surface area (Å²) in [5, 5.41) is 2.89. The van der Waals surface area contributed by atoms with Crippen molar-refractivity contribution in [1.82, 2.24) is 4.90 Å². The topological polar surface area (TPSA) is 84.9 Å². The van der Waals surface area contributed by atoms with E-state index in [4.69, 9.17) is 8.92 Å². The maximum Gasteiger partial charge on any atom is 0.322 e. The van der Waals surface area contributed by atoms with Crippen molar-refractivity contribution in [3.63, 3.8) is 0 Å². The van der Waals surface area contributed by atoms with Crippen LogP contribution in [0.5, 0.6) is 11.5 Å². The van der Waals surface area contributed by atoms with E-state index in [-0.39, 0.29) is 11.8 Å². The van der Waals surface area contributed by atoms with E-state index in [1.807, 2.05) is 0 Å². The van der Waals surface area contributed by atoms with Crippen molar-refractivity contribution in [2.45, 2.75) is 26.3 Å². The summed E-state index contributed by atoms with van der Waals surface area (Å²) >= 11 is 0. The fourth-order valence-corrected chi connectivity index (χ4v) is 2.98. The van der Waals surface area contributed by atoms with Gasteiger partial charge in [-0.15, -0.1) is 0 Å². The number of benzene rings is 2. The van der Waals surface area contributed by atoms with Gasteiger partial charge >= 0.3 is 16.1 Å². The number of nitrogens with one attached hydrogen (secondary N) is 1. The Balaban J connectivity index is 2.06. The molecule has 0 bridgehead atoms. The van der Waals surface area contributed by atoms with E-state index in [0.29, 0.717) is 18.8 Å². The minimum atomic E-state index is -3.56. The second-order valence-electron chi connectivity index (χ2n) is 6.37. The molecule has 0 aromatic heterocycles. The van der Waals surface area contributed by atoms with Gasteiger partial charge in [0.25, 0.3) is 0 Å². The molecule has 0 spiro atoms. The highest BCUT2D eigenvalue weighted by atomic mass is 32.2. The van der Waals surface area contributed by atoms with Gasteiger partial charge in [-0.05, 0) is 48.4 Å². The van der Waals surface area contributed by atoms with Crippen LogP contribution in [-0.2, 0) is 16.7 Å². The van der Waals surface area contributed by atoms with E-state index in [1.165, 1.54) is 0 Å². The molecule has 1 N–H and O–H groups in total. The average molecular weight is 407 g/mol. The Bertz CT molecular complexity index is 864. The lowest BCUT2D eigenvalue weighted by Crippen LogP contribution is -2.35. The summed E-state index contributed by atoms with van der Waals surface area (Å²) in [4.78, 5) is 14.4. The smallest absolute Gasteiger partial charge is 0.322 e. The predicted octanol–water partition coefficient (Wildman–Crippen LogP) is 3.87. The standard InChI is InChI=1S/C20H26N2O5S/c1-4-5-14-22(20(23)21-17-8-12-18(26-2)13-9-17)15-16-6-10-19(11-7-16)27-28(3,24)25/h6-13H,4-5,14-15H2,1-3H3,(H,21,23). The van der Waals surface area contributed by atoms with E-state index in [9.17, 15) is 13.2 Å². The lowest BCUT2D eigenvalue weighted by atomic mass is 10.2. The maximum atomic E-state index is 12.7. The summed E-state index contributed by atoms with van der Waals surface area (Å²) in [6.07, 6.45) is 2.84. The molecule has 28 heavy (non-hydrogen) atoms. The van der Waals surface area contributed by atoms with Crippen LogP contribution in [-0.4, -0.2) is 39.3 Å². The highest BCUT2D eigenvalue weighted by Gasteiger charge is 2.14. The minimum Gasteiger partial charge on any atom is -0.497 e. The van der Waals surface area contributed by atoms with Crippen molar-refractivity contribution >= 4 is 21.8 Å². The van der Waals surface area contributed by atoms with E-state index in [1.54, 1.807) is 60.5 Å². The molecular formula is C20H26N2O5S. The van der Waals surface area contributed by atoms with Gasteiger partial charge in [0.2, 0.25) is 0 Å². The lowest BCUT2D eigenvalue weighted by Gasteiger charge is -2.23. The van der Waals surface area contributed by atoms with Crippen LogP contribution in [0.4, 0.5) is 10.5 Å². The van der Waals surface area contributed by atoms with Crippen molar-refractivity contribution in [3.05, 3.63) is 54.1 Å². The van der Waals surface area contributed by atoms with Crippen molar-refractivity contribution in [1.29, 1.82) is 0 Å². The zero-order valence-corrected chi connectivity index (χ0v) is 17.2. The number of ether oxygens (including phenoxy) is 1. The van der Waals surface area contributed by atoms with Crippen LogP contribution in [0.3, 0.4) is 0 Å². The van der Waals surface area contributed by atoms with Gasteiger partial charge in [-0.1, -0.05) is 25.5 Å². The second kappa shape index (κ2) is 9.98. The third kappa shape index (κ3) is 7.11. The SMILES string of the molecule is CCCCN(Cc1ccc(OS(C)(=O)=O)cc1)C(=O)Nc1ccc(OC)cc1. The Morgan fingerprint density at radius 1 is 1.04 bits per heavy atom. The summed E-state index contributed by atoms with van der Waals surface area (Å²) in [5.74, 6) is 0.964. The fraction of sp³-hybridized carbons (Fsp3) is 0.350. The van der Waals surface area contributed by atoms with Crippen molar-refractivity contribution in [2.24, 2.45) is 0 Å². The Morgan fingerprint density at radius 3 is 2.18 bits per heavy atom. The molecule has 0 fully saturated rings. The first-order chi connectivity index (χ1) is 13.3. The molecule has 0 saturated carbocycles. The maximum absolute atomic E-state index is 12.7. The number of hydrogen-bond donors (Lipinski definition) is 1. The lowest BCUT2D eigenvalue weighted by molar-refractivity contribution is 0.208. The van der Waals surface area contributed by atoms with Crippen molar-refractivity contribution < 1.29 is 22.1 Å². The number of carbonyl (C=O) groups is 1. The highest BCUT2D eigenvalue weighted by molar-refractivity contribution is 7.86. The minimum absolute atomic E-state index is 0.199. The zero-order chi connectivity index (χ0) is 20.6.